The van der Waals surface area contributed by atoms with Gasteiger partial charge in [0.2, 0.25) is 5.75 Å². The van der Waals surface area contributed by atoms with Gasteiger partial charge < -0.3 is 9.84 Å². The molecule has 2 aromatic rings. The van der Waals surface area contributed by atoms with Crippen molar-refractivity contribution >= 4 is 28.3 Å². The van der Waals surface area contributed by atoms with Crippen LogP contribution in [0.15, 0.2) is 42.5 Å². The molecule has 0 bridgehead atoms. The van der Waals surface area contributed by atoms with Gasteiger partial charge in [0.1, 0.15) is 5.75 Å². The molecule has 0 heterocycles. The summed E-state index contributed by atoms with van der Waals surface area (Å²) in [4.78, 5) is 10.5. The number of hydrogen-bond donors (Lipinski definition) is 1. The van der Waals surface area contributed by atoms with Gasteiger partial charge in [-0.25, -0.2) is 0 Å². The van der Waals surface area contributed by atoms with Gasteiger partial charge in [0.15, 0.2) is 0 Å². The van der Waals surface area contributed by atoms with E-state index in [0.29, 0.717) is 11.3 Å². The topological polar surface area (TPSA) is 72.6 Å². The fourth-order valence-electron chi connectivity index (χ4n) is 1.52. The lowest BCUT2D eigenvalue weighted by Gasteiger charge is -2.07. The van der Waals surface area contributed by atoms with Crippen molar-refractivity contribution in [1.82, 2.24) is 0 Å². The molecule has 5 nitrogen and oxygen atoms in total. The van der Waals surface area contributed by atoms with Crippen molar-refractivity contribution in [2.45, 2.75) is 6.61 Å². The van der Waals surface area contributed by atoms with Crippen LogP contribution >= 0.6 is 22.6 Å². The van der Waals surface area contributed by atoms with E-state index in [9.17, 15) is 10.1 Å². The Labute approximate surface area is 123 Å². The first-order chi connectivity index (χ1) is 9.10. The summed E-state index contributed by atoms with van der Waals surface area (Å²) < 4.78 is 6.55. The van der Waals surface area contributed by atoms with Crippen molar-refractivity contribution in [3.63, 3.8) is 0 Å². The number of aliphatic hydroxyl groups excluding tert-OH is 1. The van der Waals surface area contributed by atoms with Crippen LogP contribution in [0.25, 0.3) is 0 Å². The highest BCUT2D eigenvalue weighted by atomic mass is 127. The maximum atomic E-state index is 11.0. The Morgan fingerprint density at radius 2 is 1.89 bits per heavy atom. The van der Waals surface area contributed by atoms with Crippen LogP contribution in [-0.4, -0.2) is 10.0 Å². The predicted octanol–water partition coefficient (Wildman–Crippen LogP) is 3.48. The smallest absolute Gasteiger partial charge is 0.311 e. The quantitative estimate of drug-likeness (QED) is 0.508. The number of halogens is 1. The molecular formula is C13H10INO4. The number of nitrogens with zero attached hydrogens (tertiary/aromatic N) is 1. The number of benzene rings is 2. The summed E-state index contributed by atoms with van der Waals surface area (Å²) >= 11 is 2.16. The number of nitro groups is 1. The van der Waals surface area contributed by atoms with Gasteiger partial charge in [0.05, 0.1) is 11.5 Å². The van der Waals surface area contributed by atoms with Crippen LogP contribution in [0.2, 0.25) is 0 Å². The zero-order valence-corrected chi connectivity index (χ0v) is 11.9. The van der Waals surface area contributed by atoms with E-state index >= 15 is 0 Å². The van der Waals surface area contributed by atoms with E-state index in [2.05, 4.69) is 22.6 Å². The molecule has 0 saturated heterocycles. The van der Waals surface area contributed by atoms with Gasteiger partial charge in [0.25, 0.3) is 0 Å². The van der Waals surface area contributed by atoms with Crippen LogP contribution in [0.1, 0.15) is 5.56 Å². The summed E-state index contributed by atoms with van der Waals surface area (Å²) in [6, 6.07) is 11.6. The summed E-state index contributed by atoms with van der Waals surface area (Å²) in [5.41, 5.74) is 0.312. The molecule has 0 saturated carbocycles. The molecular weight excluding hydrogens is 361 g/mol. The van der Waals surface area contributed by atoms with Crippen molar-refractivity contribution in [2.24, 2.45) is 0 Å². The van der Waals surface area contributed by atoms with Gasteiger partial charge in [0, 0.05) is 9.64 Å². The Kier molecular flexibility index (Phi) is 4.33. The van der Waals surface area contributed by atoms with Crippen LogP contribution in [-0.2, 0) is 6.61 Å². The van der Waals surface area contributed by atoms with Crippen LogP contribution in [0.3, 0.4) is 0 Å². The number of hydrogen-bond acceptors (Lipinski definition) is 4. The van der Waals surface area contributed by atoms with Crippen molar-refractivity contribution in [3.8, 4) is 11.5 Å². The number of aliphatic hydroxyl groups is 1. The molecule has 0 radical (unpaired) electrons. The Morgan fingerprint density at radius 3 is 2.47 bits per heavy atom. The van der Waals surface area contributed by atoms with Gasteiger partial charge in [-0.2, -0.15) is 0 Å². The maximum absolute atomic E-state index is 11.0. The van der Waals surface area contributed by atoms with E-state index in [1.807, 2.05) is 12.1 Å². The van der Waals surface area contributed by atoms with E-state index in [0.717, 1.165) is 3.57 Å². The second-order valence-corrected chi connectivity index (χ2v) is 5.02. The van der Waals surface area contributed by atoms with Crippen molar-refractivity contribution < 1.29 is 14.8 Å². The largest absolute Gasteiger partial charge is 0.450 e. The normalized spacial score (nSPS) is 10.2. The zero-order valence-electron chi connectivity index (χ0n) is 9.75. The molecule has 0 aliphatic rings. The average Bonchev–Trinajstić information content (AvgIpc) is 2.41. The second-order valence-electron chi connectivity index (χ2n) is 3.77. The first kappa shape index (κ1) is 13.8. The lowest BCUT2D eigenvalue weighted by atomic mass is 10.2. The monoisotopic (exact) mass is 371 g/mol. The third-order valence-corrected chi connectivity index (χ3v) is 3.16. The molecule has 0 atom stereocenters. The fourth-order valence-corrected chi connectivity index (χ4v) is 1.88. The third-order valence-electron chi connectivity index (χ3n) is 2.44. The van der Waals surface area contributed by atoms with Crippen LogP contribution in [0.4, 0.5) is 5.69 Å². The van der Waals surface area contributed by atoms with Gasteiger partial charge in [-0.05, 0) is 58.5 Å². The predicted molar refractivity (Wildman–Crippen MR) is 78.3 cm³/mol. The van der Waals surface area contributed by atoms with Gasteiger partial charge in [-0.3, -0.25) is 10.1 Å². The molecule has 1 N–H and O–H groups in total. The molecule has 0 fully saturated rings. The van der Waals surface area contributed by atoms with Gasteiger partial charge >= 0.3 is 5.69 Å². The highest BCUT2D eigenvalue weighted by molar-refractivity contribution is 14.1. The minimum atomic E-state index is -0.527. The third kappa shape index (κ3) is 3.42. The number of rotatable bonds is 4. The number of ether oxygens (including phenoxy) is 1. The Hall–Kier alpha value is -1.67. The fraction of sp³-hybridized carbons (Fsp3) is 0.0769. The molecule has 0 aliphatic heterocycles. The lowest BCUT2D eigenvalue weighted by molar-refractivity contribution is -0.385. The molecule has 0 aliphatic carbocycles. The van der Waals surface area contributed by atoms with Gasteiger partial charge in [-0.15, -0.1) is 0 Å². The highest BCUT2D eigenvalue weighted by Crippen LogP contribution is 2.32. The van der Waals surface area contributed by atoms with Crippen LogP contribution < -0.4 is 4.74 Å². The molecule has 0 spiro atoms. The van der Waals surface area contributed by atoms with Crippen molar-refractivity contribution in [1.29, 1.82) is 0 Å². The lowest BCUT2D eigenvalue weighted by Crippen LogP contribution is -1.95. The van der Waals surface area contributed by atoms with Crippen molar-refractivity contribution in [2.75, 3.05) is 0 Å². The molecule has 2 aromatic carbocycles. The van der Waals surface area contributed by atoms with Crippen LogP contribution in [0.5, 0.6) is 11.5 Å². The first-order valence-corrected chi connectivity index (χ1v) is 6.49. The Bertz CT molecular complexity index is 598. The van der Waals surface area contributed by atoms with E-state index in [1.165, 1.54) is 12.1 Å². The molecule has 0 aromatic heterocycles. The maximum Gasteiger partial charge on any atom is 0.311 e. The molecule has 6 heteroatoms. The van der Waals surface area contributed by atoms with E-state index in [4.69, 9.17) is 9.84 Å². The summed E-state index contributed by atoms with van der Waals surface area (Å²) in [5, 5.41) is 20.0. The molecule has 19 heavy (non-hydrogen) atoms. The standard InChI is InChI=1S/C13H10INO4/c14-10-2-4-11(5-3-10)19-13-6-1-9(8-16)7-12(13)15(17)18/h1-7,16H,8H2. The highest BCUT2D eigenvalue weighted by Gasteiger charge is 2.16. The van der Waals surface area contributed by atoms with Gasteiger partial charge in [-0.1, -0.05) is 6.07 Å². The Balaban J connectivity index is 2.33. The molecule has 0 amide bonds. The Morgan fingerprint density at radius 1 is 1.21 bits per heavy atom. The van der Waals surface area contributed by atoms with E-state index in [-0.39, 0.29) is 18.0 Å². The molecule has 0 unspecified atom stereocenters. The first-order valence-electron chi connectivity index (χ1n) is 5.42. The van der Waals surface area contributed by atoms with Crippen LogP contribution in [0, 0.1) is 13.7 Å². The minimum Gasteiger partial charge on any atom is -0.450 e. The molecule has 98 valence electrons. The average molecular weight is 371 g/mol. The van der Waals surface area contributed by atoms with E-state index in [1.54, 1.807) is 18.2 Å². The summed E-state index contributed by atoms with van der Waals surface area (Å²) in [6.45, 7) is -0.245. The summed E-state index contributed by atoms with van der Waals surface area (Å²) in [5.74, 6) is 0.684. The summed E-state index contributed by atoms with van der Waals surface area (Å²) in [7, 11) is 0. The zero-order chi connectivity index (χ0) is 13.8. The molecule has 2 rings (SSSR count). The van der Waals surface area contributed by atoms with Crippen molar-refractivity contribution in [3.05, 3.63) is 61.7 Å². The SMILES string of the molecule is O=[N+]([O-])c1cc(CO)ccc1Oc1ccc(I)cc1. The van der Waals surface area contributed by atoms with E-state index < -0.39 is 4.92 Å². The second kappa shape index (κ2) is 5.98. The minimum absolute atomic E-state index is 0.156. The summed E-state index contributed by atoms with van der Waals surface area (Å²) in [6.07, 6.45) is 0. The number of nitro benzene ring substituents is 1.